The summed E-state index contributed by atoms with van der Waals surface area (Å²) < 4.78 is 10.4. The van der Waals surface area contributed by atoms with Crippen molar-refractivity contribution in [1.29, 1.82) is 0 Å². The van der Waals surface area contributed by atoms with E-state index in [2.05, 4.69) is 10.6 Å². The third-order valence-electron chi connectivity index (χ3n) is 3.33. The molecule has 8 nitrogen and oxygen atoms in total. The smallest absolute Gasteiger partial charge is 0.410 e. The molecule has 1 heterocycles. The number of nitrogens with one attached hydrogen (secondary N) is 2. The maximum Gasteiger partial charge on any atom is 0.410 e. The van der Waals surface area contributed by atoms with Gasteiger partial charge in [-0.05, 0) is 39.0 Å². The molecule has 1 aliphatic heterocycles. The monoisotopic (exact) mass is 349 g/mol. The summed E-state index contributed by atoms with van der Waals surface area (Å²) in [7, 11) is 1.60. The predicted molar refractivity (Wildman–Crippen MR) is 92.2 cm³/mol. The Hall–Kier alpha value is -2.77. The van der Waals surface area contributed by atoms with Crippen molar-refractivity contribution in [2.24, 2.45) is 0 Å². The van der Waals surface area contributed by atoms with Gasteiger partial charge >= 0.3 is 12.1 Å². The SMILES string of the molecule is CN(CCNC(=O)Nc1ccc2c(c1)C(=O)CO2)C(=O)OC(C)(C)C. The number of ether oxygens (including phenoxy) is 2. The van der Waals surface area contributed by atoms with Gasteiger partial charge in [0.05, 0.1) is 5.56 Å². The second kappa shape index (κ2) is 7.42. The van der Waals surface area contributed by atoms with Crippen molar-refractivity contribution in [2.45, 2.75) is 26.4 Å². The number of likely N-dealkylation sites (N-methyl/N-ethyl adjacent to an activating group) is 1. The number of rotatable bonds is 4. The number of urea groups is 1. The molecular formula is C17H23N3O5. The van der Waals surface area contributed by atoms with Gasteiger partial charge in [-0.15, -0.1) is 0 Å². The van der Waals surface area contributed by atoms with Crippen LogP contribution in [0.15, 0.2) is 18.2 Å². The Kier molecular flexibility index (Phi) is 5.51. The van der Waals surface area contributed by atoms with Gasteiger partial charge in [0.1, 0.15) is 11.4 Å². The minimum atomic E-state index is -0.565. The minimum Gasteiger partial charge on any atom is -0.485 e. The van der Waals surface area contributed by atoms with E-state index in [-0.39, 0.29) is 18.9 Å². The quantitative estimate of drug-likeness (QED) is 0.869. The lowest BCUT2D eigenvalue weighted by Gasteiger charge is -2.24. The lowest BCUT2D eigenvalue weighted by molar-refractivity contribution is 0.0301. The predicted octanol–water partition coefficient (Wildman–Crippen LogP) is 2.25. The molecule has 1 aromatic carbocycles. The lowest BCUT2D eigenvalue weighted by Crippen LogP contribution is -2.40. The van der Waals surface area contributed by atoms with Crippen LogP contribution in [0.2, 0.25) is 0 Å². The molecular weight excluding hydrogens is 326 g/mol. The molecule has 3 amide bonds. The van der Waals surface area contributed by atoms with E-state index in [0.29, 0.717) is 23.5 Å². The first-order valence-corrected chi connectivity index (χ1v) is 7.95. The molecule has 25 heavy (non-hydrogen) atoms. The summed E-state index contributed by atoms with van der Waals surface area (Å²) in [5.74, 6) is 0.410. The van der Waals surface area contributed by atoms with Crippen molar-refractivity contribution in [3.8, 4) is 5.75 Å². The van der Waals surface area contributed by atoms with Gasteiger partial charge < -0.3 is 25.0 Å². The third kappa shape index (κ3) is 5.37. The van der Waals surface area contributed by atoms with E-state index in [0.717, 1.165) is 0 Å². The van der Waals surface area contributed by atoms with Crippen molar-refractivity contribution in [3.63, 3.8) is 0 Å². The lowest BCUT2D eigenvalue weighted by atomic mass is 10.1. The molecule has 0 unspecified atom stereocenters. The first-order chi connectivity index (χ1) is 11.7. The summed E-state index contributed by atoms with van der Waals surface area (Å²) in [6, 6.07) is 4.46. The molecule has 2 rings (SSSR count). The number of carbonyl (C=O) groups is 3. The molecule has 0 atom stereocenters. The maximum absolute atomic E-state index is 11.9. The molecule has 0 aromatic heterocycles. The molecule has 0 spiro atoms. The van der Waals surface area contributed by atoms with Crippen LogP contribution < -0.4 is 15.4 Å². The van der Waals surface area contributed by atoms with Gasteiger partial charge in [-0.1, -0.05) is 0 Å². The fourth-order valence-corrected chi connectivity index (χ4v) is 2.12. The Balaban J connectivity index is 1.77. The molecule has 0 saturated carbocycles. The van der Waals surface area contributed by atoms with Crippen LogP contribution in [0.5, 0.6) is 5.75 Å². The average Bonchev–Trinajstić information content (AvgIpc) is 2.86. The van der Waals surface area contributed by atoms with Crippen LogP contribution in [-0.4, -0.2) is 55.2 Å². The van der Waals surface area contributed by atoms with Crippen LogP contribution in [0.3, 0.4) is 0 Å². The number of Topliss-reactive ketones (excluding diaryl/α,β-unsaturated/α-hetero) is 1. The fraction of sp³-hybridized carbons (Fsp3) is 0.471. The maximum atomic E-state index is 11.9. The highest BCUT2D eigenvalue weighted by Gasteiger charge is 2.22. The largest absolute Gasteiger partial charge is 0.485 e. The topological polar surface area (TPSA) is 97.0 Å². The molecule has 1 aromatic rings. The summed E-state index contributed by atoms with van der Waals surface area (Å²) in [6.45, 7) is 5.96. The molecule has 1 aliphatic rings. The first kappa shape index (κ1) is 18.6. The molecule has 136 valence electrons. The zero-order valence-electron chi connectivity index (χ0n) is 14.8. The second-order valence-corrected chi connectivity index (χ2v) is 6.71. The van der Waals surface area contributed by atoms with E-state index in [1.165, 1.54) is 4.90 Å². The van der Waals surface area contributed by atoms with Crippen molar-refractivity contribution >= 4 is 23.6 Å². The van der Waals surface area contributed by atoms with E-state index < -0.39 is 17.7 Å². The molecule has 0 saturated heterocycles. The molecule has 8 heteroatoms. The van der Waals surface area contributed by atoms with Crippen LogP contribution in [0.25, 0.3) is 0 Å². The van der Waals surface area contributed by atoms with Gasteiger partial charge in [-0.3, -0.25) is 4.79 Å². The minimum absolute atomic E-state index is 0.0297. The summed E-state index contributed by atoms with van der Waals surface area (Å²) in [5.41, 5.74) is 0.392. The molecule has 0 bridgehead atoms. The Morgan fingerprint density at radius 3 is 2.72 bits per heavy atom. The first-order valence-electron chi connectivity index (χ1n) is 7.95. The van der Waals surface area contributed by atoms with Gasteiger partial charge in [-0.25, -0.2) is 9.59 Å². The van der Waals surface area contributed by atoms with Crippen molar-refractivity contribution in [2.75, 3.05) is 32.1 Å². The normalized spacial score (nSPS) is 12.9. The zero-order valence-corrected chi connectivity index (χ0v) is 14.8. The number of anilines is 1. The van der Waals surface area contributed by atoms with Gasteiger partial charge in [0.25, 0.3) is 0 Å². The number of ketones is 1. The van der Waals surface area contributed by atoms with E-state index >= 15 is 0 Å². The van der Waals surface area contributed by atoms with Crippen molar-refractivity contribution in [1.82, 2.24) is 10.2 Å². The fourth-order valence-electron chi connectivity index (χ4n) is 2.12. The van der Waals surface area contributed by atoms with Crippen molar-refractivity contribution in [3.05, 3.63) is 23.8 Å². The second-order valence-electron chi connectivity index (χ2n) is 6.71. The van der Waals surface area contributed by atoms with Gasteiger partial charge in [-0.2, -0.15) is 0 Å². The number of hydrogen-bond acceptors (Lipinski definition) is 5. The van der Waals surface area contributed by atoms with Crippen LogP contribution in [0.1, 0.15) is 31.1 Å². The Labute approximate surface area is 146 Å². The Morgan fingerprint density at radius 2 is 2.04 bits per heavy atom. The standard InChI is InChI=1S/C17H23N3O5/c1-17(2,3)25-16(23)20(4)8-7-18-15(22)19-11-5-6-14-12(9-11)13(21)10-24-14/h5-6,9H,7-8,10H2,1-4H3,(H2,18,19,22). The van der Waals surface area contributed by atoms with Crippen LogP contribution in [0, 0.1) is 0 Å². The zero-order chi connectivity index (χ0) is 18.6. The van der Waals surface area contributed by atoms with Gasteiger partial charge in [0.15, 0.2) is 6.61 Å². The van der Waals surface area contributed by atoms with Gasteiger partial charge in [0.2, 0.25) is 5.78 Å². The van der Waals surface area contributed by atoms with Crippen LogP contribution in [0.4, 0.5) is 15.3 Å². The molecule has 0 aliphatic carbocycles. The van der Waals surface area contributed by atoms with E-state index in [4.69, 9.17) is 9.47 Å². The van der Waals surface area contributed by atoms with Crippen LogP contribution >= 0.6 is 0 Å². The molecule has 2 N–H and O–H groups in total. The summed E-state index contributed by atoms with van der Waals surface area (Å²) in [6.07, 6.45) is -0.452. The number of hydrogen-bond donors (Lipinski definition) is 2. The number of amides is 3. The highest BCUT2D eigenvalue weighted by atomic mass is 16.6. The highest BCUT2D eigenvalue weighted by molar-refractivity contribution is 6.03. The average molecular weight is 349 g/mol. The van der Waals surface area contributed by atoms with E-state index in [9.17, 15) is 14.4 Å². The Morgan fingerprint density at radius 1 is 1.32 bits per heavy atom. The highest BCUT2D eigenvalue weighted by Crippen LogP contribution is 2.27. The van der Waals surface area contributed by atoms with Crippen LogP contribution in [-0.2, 0) is 4.74 Å². The Bertz CT molecular complexity index is 681. The van der Waals surface area contributed by atoms with Crippen molar-refractivity contribution < 1.29 is 23.9 Å². The van der Waals surface area contributed by atoms with Gasteiger partial charge in [0, 0.05) is 25.8 Å². The van der Waals surface area contributed by atoms with E-state index in [1.54, 1.807) is 46.0 Å². The summed E-state index contributed by atoms with van der Waals surface area (Å²) >= 11 is 0. The summed E-state index contributed by atoms with van der Waals surface area (Å²) in [5, 5.41) is 5.28. The van der Waals surface area contributed by atoms with E-state index in [1.807, 2.05) is 0 Å². The summed E-state index contributed by atoms with van der Waals surface area (Å²) in [4.78, 5) is 36.7. The molecule has 0 fully saturated rings. The number of carbonyl (C=O) groups excluding carboxylic acids is 3. The third-order valence-corrected chi connectivity index (χ3v) is 3.33. The molecule has 0 radical (unpaired) electrons. The number of fused-ring (bicyclic) bond motifs is 1. The number of nitrogens with zero attached hydrogens (tertiary/aromatic N) is 1. The number of benzene rings is 1.